The van der Waals surface area contributed by atoms with E-state index in [1.807, 2.05) is 6.92 Å². The fourth-order valence-corrected chi connectivity index (χ4v) is 2.48. The first kappa shape index (κ1) is 12.6. The Labute approximate surface area is 103 Å². The van der Waals surface area contributed by atoms with Crippen molar-refractivity contribution in [3.05, 3.63) is 17.8 Å². The predicted octanol–water partition coefficient (Wildman–Crippen LogP) is 1.97. The van der Waals surface area contributed by atoms with E-state index in [4.69, 9.17) is 10.2 Å². The van der Waals surface area contributed by atoms with Crippen LogP contribution in [0.5, 0.6) is 0 Å². The molecule has 1 aromatic rings. The smallest absolute Gasteiger partial charge is 0.194 e. The second-order valence-electron chi connectivity index (χ2n) is 5.05. The van der Waals surface area contributed by atoms with Crippen LogP contribution in [0.1, 0.15) is 44.4 Å². The Bertz CT molecular complexity index is 348. The standard InChI is InChI=1S/C13H23N3O/c1-3-16-6-4-5-11(9-16)7-13-15-8-12(17-13)10(2)14/h8,10-11H,3-7,9,14H2,1-2H3. The van der Waals surface area contributed by atoms with E-state index in [1.165, 1.54) is 25.9 Å². The Morgan fingerprint density at radius 1 is 1.65 bits per heavy atom. The number of nitrogens with two attached hydrogens (primary N) is 1. The Hall–Kier alpha value is -0.870. The van der Waals surface area contributed by atoms with Gasteiger partial charge in [-0.05, 0) is 38.8 Å². The van der Waals surface area contributed by atoms with Gasteiger partial charge in [0.25, 0.3) is 0 Å². The number of nitrogens with zero attached hydrogens (tertiary/aromatic N) is 2. The van der Waals surface area contributed by atoms with Crippen LogP contribution < -0.4 is 5.73 Å². The molecule has 2 heterocycles. The summed E-state index contributed by atoms with van der Waals surface area (Å²) in [4.78, 5) is 6.82. The molecule has 4 heteroatoms. The van der Waals surface area contributed by atoms with E-state index in [0.29, 0.717) is 5.92 Å². The summed E-state index contributed by atoms with van der Waals surface area (Å²) < 4.78 is 5.66. The van der Waals surface area contributed by atoms with Gasteiger partial charge in [-0.3, -0.25) is 0 Å². The van der Waals surface area contributed by atoms with Gasteiger partial charge in [0.1, 0.15) is 5.76 Å². The molecule has 1 saturated heterocycles. The van der Waals surface area contributed by atoms with Crippen LogP contribution in [-0.2, 0) is 6.42 Å². The lowest BCUT2D eigenvalue weighted by Crippen LogP contribution is -2.35. The minimum absolute atomic E-state index is 0.0604. The van der Waals surface area contributed by atoms with Crippen molar-refractivity contribution in [1.29, 1.82) is 0 Å². The highest BCUT2D eigenvalue weighted by Gasteiger charge is 2.21. The third-order valence-corrected chi connectivity index (χ3v) is 3.53. The van der Waals surface area contributed by atoms with Crippen LogP contribution in [0, 0.1) is 5.92 Å². The van der Waals surface area contributed by atoms with Crippen molar-refractivity contribution in [2.75, 3.05) is 19.6 Å². The number of hydrogen-bond acceptors (Lipinski definition) is 4. The maximum absolute atomic E-state index is 5.76. The second kappa shape index (κ2) is 5.65. The van der Waals surface area contributed by atoms with E-state index >= 15 is 0 Å². The Kier molecular flexibility index (Phi) is 4.18. The summed E-state index contributed by atoms with van der Waals surface area (Å²) in [6.07, 6.45) is 5.29. The molecule has 0 radical (unpaired) electrons. The SMILES string of the molecule is CCN1CCCC(Cc2ncc(C(C)N)o2)C1. The third-order valence-electron chi connectivity index (χ3n) is 3.53. The molecule has 0 amide bonds. The van der Waals surface area contributed by atoms with E-state index < -0.39 is 0 Å². The molecule has 0 saturated carbocycles. The summed E-state index contributed by atoms with van der Waals surface area (Å²) in [5, 5.41) is 0. The molecule has 0 spiro atoms. The largest absolute Gasteiger partial charge is 0.444 e. The number of rotatable bonds is 4. The van der Waals surface area contributed by atoms with Gasteiger partial charge in [-0.15, -0.1) is 0 Å². The average Bonchev–Trinajstić information content (AvgIpc) is 2.78. The first-order valence-corrected chi connectivity index (χ1v) is 6.61. The summed E-state index contributed by atoms with van der Waals surface area (Å²) in [7, 11) is 0. The van der Waals surface area contributed by atoms with Crippen molar-refractivity contribution in [2.45, 2.75) is 39.2 Å². The van der Waals surface area contributed by atoms with Crippen LogP contribution in [0.25, 0.3) is 0 Å². The topological polar surface area (TPSA) is 55.3 Å². The zero-order valence-electron chi connectivity index (χ0n) is 10.9. The highest BCUT2D eigenvalue weighted by Crippen LogP contribution is 2.21. The summed E-state index contributed by atoms with van der Waals surface area (Å²) in [6.45, 7) is 7.70. The first-order chi connectivity index (χ1) is 8.19. The van der Waals surface area contributed by atoms with E-state index in [9.17, 15) is 0 Å². The molecule has 1 aliphatic heterocycles. The molecule has 2 rings (SSSR count). The Morgan fingerprint density at radius 3 is 3.12 bits per heavy atom. The molecule has 1 aromatic heterocycles. The van der Waals surface area contributed by atoms with E-state index in [-0.39, 0.29) is 6.04 Å². The monoisotopic (exact) mass is 237 g/mol. The maximum atomic E-state index is 5.76. The first-order valence-electron chi connectivity index (χ1n) is 6.61. The highest BCUT2D eigenvalue weighted by atomic mass is 16.4. The molecule has 0 aromatic carbocycles. The van der Waals surface area contributed by atoms with Crippen molar-refractivity contribution in [2.24, 2.45) is 11.7 Å². The number of piperidine rings is 1. The van der Waals surface area contributed by atoms with Gasteiger partial charge in [0.05, 0.1) is 12.2 Å². The summed E-state index contributed by atoms with van der Waals surface area (Å²) in [6, 6.07) is -0.0604. The molecule has 96 valence electrons. The van der Waals surface area contributed by atoms with Crippen LogP contribution >= 0.6 is 0 Å². The van der Waals surface area contributed by atoms with Gasteiger partial charge in [-0.25, -0.2) is 4.98 Å². The lowest BCUT2D eigenvalue weighted by atomic mass is 9.95. The van der Waals surface area contributed by atoms with Crippen molar-refractivity contribution >= 4 is 0 Å². The number of likely N-dealkylation sites (tertiary alicyclic amines) is 1. The van der Waals surface area contributed by atoms with Gasteiger partial charge in [0.2, 0.25) is 0 Å². The molecule has 1 fully saturated rings. The highest BCUT2D eigenvalue weighted by molar-refractivity contribution is 4.99. The maximum Gasteiger partial charge on any atom is 0.194 e. The summed E-state index contributed by atoms with van der Waals surface area (Å²) in [5.41, 5.74) is 5.76. The fourth-order valence-electron chi connectivity index (χ4n) is 2.48. The van der Waals surface area contributed by atoms with Crippen molar-refractivity contribution in [3.8, 4) is 0 Å². The Balaban J connectivity index is 1.91. The van der Waals surface area contributed by atoms with Crippen molar-refractivity contribution < 1.29 is 4.42 Å². The van der Waals surface area contributed by atoms with Gasteiger partial charge in [0.15, 0.2) is 5.89 Å². The fraction of sp³-hybridized carbons (Fsp3) is 0.769. The minimum atomic E-state index is -0.0604. The summed E-state index contributed by atoms with van der Waals surface area (Å²) >= 11 is 0. The van der Waals surface area contributed by atoms with Gasteiger partial charge in [-0.2, -0.15) is 0 Å². The molecular weight excluding hydrogens is 214 g/mol. The van der Waals surface area contributed by atoms with Crippen LogP contribution in [0.4, 0.5) is 0 Å². The van der Waals surface area contributed by atoms with Gasteiger partial charge in [0, 0.05) is 13.0 Å². The van der Waals surface area contributed by atoms with Crippen LogP contribution in [0.2, 0.25) is 0 Å². The van der Waals surface area contributed by atoms with Crippen LogP contribution in [0.3, 0.4) is 0 Å². The zero-order valence-corrected chi connectivity index (χ0v) is 10.9. The van der Waals surface area contributed by atoms with Crippen LogP contribution in [-0.4, -0.2) is 29.5 Å². The van der Waals surface area contributed by atoms with E-state index in [2.05, 4.69) is 16.8 Å². The van der Waals surface area contributed by atoms with E-state index in [1.54, 1.807) is 6.20 Å². The molecule has 1 aliphatic rings. The molecule has 17 heavy (non-hydrogen) atoms. The van der Waals surface area contributed by atoms with Crippen LogP contribution in [0.15, 0.2) is 10.6 Å². The third kappa shape index (κ3) is 3.30. The van der Waals surface area contributed by atoms with Crippen molar-refractivity contribution in [1.82, 2.24) is 9.88 Å². The minimum Gasteiger partial charge on any atom is -0.444 e. The molecule has 2 unspecified atom stereocenters. The summed E-state index contributed by atoms with van der Waals surface area (Å²) in [5.74, 6) is 2.33. The molecule has 2 atom stereocenters. The van der Waals surface area contributed by atoms with Gasteiger partial charge >= 0.3 is 0 Å². The second-order valence-corrected chi connectivity index (χ2v) is 5.05. The number of oxazole rings is 1. The molecule has 4 nitrogen and oxygen atoms in total. The number of hydrogen-bond donors (Lipinski definition) is 1. The molecule has 2 N–H and O–H groups in total. The lowest BCUT2D eigenvalue weighted by Gasteiger charge is -2.31. The van der Waals surface area contributed by atoms with Crippen molar-refractivity contribution in [3.63, 3.8) is 0 Å². The van der Waals surface area contributed by atoms with Gasteiger partial charge < -0.3 is 15.1 Å². The van der Waals surface area contributed by atoms with Gasteiger partial charge in [-0.1, -0.05) is 6.92 Å². The van der Waals surface area contributed by atoms with E-state index in [0.717, 1.165) is 24.6 Å². The predicted molar refractivity (Wildman–Crippen MR) is 67.6 cm³/mol. The zero-order chi connectivity index (χ0) is 12.3. The quantitative estimate of drug-likeness (QED) is 0.870. The number of aromatic nitrogens is 1. The molecular formula is C13H23N3O. The Morgan fingerprint density at radius 2 is 2.47 bits per heavy atom. The normalized spacial score (nSPS) is 23.8. The lowest BCUT2D eigenvalue weighted by molar-refractivity contribution is 0.176. The molecule has 0 aliphatic carbocycles. The average molecular weight is 237 g/mol. The molecule has 0 bridgehead atoms.